The molecule has 0 N–H and O–H groups in total. The van der Waals surface area contributed by atoms with Crippen molar-refractivity contribution in [2.75, 3.05) is 0 Å². The third-order valence-corrected chi connectivity index (χ3v) is 5.19. The number of rotatable bonds is 1. The van der Waals surface area contributed by atoms with E-state index in [1.807, 2.05) is 6.07 Å². The second kappa shape index (κ2) is 4.40. The topological polar surface area (TPSA) is 0 Å². The van der Waals surface area contributed by atoms with Crippen LogP contribution in [0.25, 0.3) is 0 Å². The first kappa shape index (κ1) is 11.2. The molecular weight excluding hydrogens is 248 g/mol. The highest BCUT2D eigenvalue weighted by molar-refractivity contribution is 8.01. The Morgan fingerprint density at radius 2 is 1.65 bits per heavy atom. The van der Waals surface area contributed by atoms with Crippen LogP contribution in [0.5, 0.6) is 0 Å². The summed E-state index contributed by atoms with van der Waals surface area (Å²) >= 11 is 8.57. The maximum atomic E-state index is 6.79. The zero-order chi connectivity index (χ0) is 11.7. The maximum absolute atomic E-state index is 6.79. The summed E-state index contributed by atoms with van der Waals surface area (Å²) in [4.78, 5) is 1.32. The molecule has 0 saturated heterocycles. The van der Waals surface area contributed by atoms with E-state index in [1.165, 1.54) is 16.0 Å². The monoisotopic (exact) mass is 260 g/mol. The molecule has 0 fully saturated rings. The van der Waals surface area contributed by atoms with Crippen LogP contribution in [0.4, 0.5) is 0 Å². The summed E-state index contributed by atoms with van der Waals surface area (Å²) in [5.41, 5.74) is 2.63. The lowest BCUT2D eigenvalue weighted by molar-refractivity contribution is 0.718. The summed E-state index contributed by atoms with van der Waals surface area (Å²) in [5.74, 6) is 0. The molecule has 1 aliphatic rings. The zero-order valence-electron chi connectivity index (χ0n) is 9.40. The van der Waals surface area contributed by atoms with Gasteiger partial charge in [0.15, 0.2) is 0 Å². The molecule has 17 heavy (non-hydrogen) atoms. The van der Waals surface area contributed by atoms with Crippen molar-refractivity contribution in [1.82, 2.24) is 0 Å². The lowest BCUT2D eigenvalue weighted by Crippen LogP contribution is -2.19. The normalized spacial score (nSPS) is 23.1. The highest BCUT2D eigenvalue weighted by Gasteiger charge is 2.34. The molecular formula is C15H13ClS. The standard InChI is InChI=1S/C15H13ClS/c16-15(13-7-2-1-3-8-13)11-10-12-6-4-5-9-14(12)17-15/h1-9H,10-11H2. The third-order valence-electron chi connectivity index (χ3n) is 3.17. The molecule has 2 heteroatoms. The summed E-state index contributed by atoms with van der Waals surface area (Å²) in [7, 11) is 0. The van der Waals surface area contributed by atoms with E-state index in [0.717, 1.165) is 12.8 Å². The maximum Gasteiger partial charge on any atom is 0.119 e. The zero-order valence-corrected chi connectivity index (χ0v) is 11.0. The second-order valence-corrected chi connectivity index (χ2v) is 6.51. The van der Waals surface area contributed by atoms with Crippen LogP contribution in [0, 0.1) is 0 Å². The number of hydrogen-bond donors (Lipinski definition) is 0. The van der Waals surface area contributed by atoms with Crippen LogP contribution in [0.3, 0.4) is 0 Å². The molecule has 0 saturated carbocycles. The minimum atomic E-state index is -0.296. The van der Waals surface area contributed by atoms with Crippen molar-refractivity contribution in [2.24, 2.45) is 0 Å². The molecule has 2 aromatic carbocycles. The number of hydrogen-bond acceptors (Lipinski definition) is 1. The number of benzene rings is 2. The van der Waals surface area contributed by atoms with Crippen molar-refractivity contribution in [2.45, 2.75) is 21.9 Å². The van der Waals surface area contributed by atoms with Gasteiger partial charge in [0.2, 0.25) is 0 Å². The van der Waals surface area contributed by atoms with Gasteiger partial charge < -0.3 is 0 Å². The number of aryl methyl sites for hydroxylation is 1. The fourth-order valence-electron chi connectivity index (χ4n) is 2.22. The first-order valence-electron chi connectivity index (χ1n) is 5.79. The Hall–Kier alpha value is -0.920. The fraction of sp³-hybridized carbons (Fsp3) is 0.200. The summed E-state index contributed by atoms with van der Waals surface area (Å²) in [6, 6.07) is 18.9. The van der Waals surface area contributed by atoms with Crippen molar-refractivity contribution in [3.63, 3.8) is 0 Å². The molecule has 1 heterocycles. The molecule has 0 amide bonds. The van der Waals surface area contributed by atoms with Gasteiger partial charge in [0, 0.05) is 4.90 Å². The minimum absolute atomic E-state index is 0.296. The molecule has 0 aromatic heterocycles. The Labute approximate surface area is 111 Å². The lowest BCUT2D eigenvalue weighted by atomic mass is 10.0. The van der Waals surface area contributed by atoms with Gasteiger partial charge in [0.05, 0.1) is 0 Å². The molecule has 0 radical (unpaired) electrons. The van der Waals surface area contributed by atoms with Crippen molar-refractivity contribution < 1.29 is 0 Å². The van der Waals surface area contributed by atoms with Gasteiger partial charge >= 0.3 is 0 Å². The van der Waals surface area contributed by atoms with Crippen LogP contribution in [0.15, 0.2) is 59.5 Å². The molecule has 0 nitrogen and oxygen atoms in total. The first-order valence-corrected chi connectivity index (χ1v) is 6.99. The van der Waals surface area contributed by atoms with Gasteiger partial charge in [-0.3, -0.25) is 0 Å². The van der Waals surface area contributed by atoms with Gasteiger partial charge in [0.1, 0.15) is 4.21 Å². The quantitative estimate of drug-likeness (QED) is 0.663. The predicted octanol–water partition coefficient (Wildman–Crippen LogP) is 4.82. The van der Waals surface area contributed by atoms with Crippen LogP contribution in [0.2, 0.25) is 0 Å². The fourth-order valence-corrected chi connectivity index (χ4v) is 3.95. The number of alkyl halides is 1. The molecule has 2 aromatic rings. The molecule has 0 spiro atoms. The van der Waals surface area contributed by atoms with E-state index in [9.17, 15) is 0 Å². The van der Waals surface area contributed by atoms with Crippen LogP contribution in [-0.2, 0) is 10.6 Å². The Kier molecular flexibility index (Phi) is 2.89. The number of fused-ring (bicyclic) bond motifs is 1. The molecule has 86 valence electrons. The smallest absolute Gasteiger partial charge is 0.102 e. The lowest BCUT2D eigenvalue weighted by Gasteiger charge is -2.32. The van der Waals surface area contributed by atoms with E-state index >= 15 is 0 Å². The number of halogens is 1. The molecule has 1 atom stereocenters. The summed E-state index contributed by atoms with van der Waals surface area (Å²) < 4.78 is -0.296. The average molecular weight is 261 g/mol. The van der Waals surface area contributed by atoms with E-state index in [-0.39, 0.29) is 4.21 Å². The van der Waals surface area contributed by atoms with Gasteiger partial charge in [-0.05, 0) is 30.0 Å². The molecule has 0 bridgehead atoms. The van der Waals surface area contributed by atoms with E-state index < -0.39 is 0 Å². The highest BCUT2D eigenvalue weighted by atomic mass is 35.5. The minimum Gasteiger partial charge on any atom is -0.102 e. The van der Waals surface area contributed by atoms with Crippen LogP contribution >= 0.6 is 23.4 Å². The average Bonchev–Trinajstić information content (AvgIpc) is 2.40. The Bertz CT molecular complexity index is 523. The van der Waals surface area contributed by atoms with Gasteiger partial charge in [-0.1, -0.05) is 60.3 Å². The Balaban J connectivity index is 1.98. The summed E-state index contributed by atoms with van der Waals surface area (Å²) in [6.45, 7) is 0. The summed E-state index contributed by atoms with van der Waals surface area (Å²) in [5, 5.41) is 0. The highest BCUT2D eigenvalue weighted by Crippen LogP contribution is 2.52. The van der Waals surface area contributed by atoms with Crippen LogP contribution in [-0.4, -0.2) is 0 Å². The molecule has 3 rings (SSSR count). The molecule has 1 unspecified atom stereocenters. The SMILES string of the molecule is ClC1(c2ccccc2)CCc2ccccc2S1. The second-order valence-electron chi connectivity index (χ2n) is 4.30. The van der Waals surface area contributed by atoms with Crippen LogP contribution < -0.4 is 0 Å². The largest absolute Gasteiger partial charge is 0.119 e. The van der Waals surface area contributed by atoms with Crippen molar-refractivity contribution in [3.8, 4) is 0 Å². The first-order chi connectivity index (χ1) is 8.28. The van der Waals surface area contributed by atoms with Gasteiger partial charge in [0.25, 0.3) is 0 Å². The van der Waals surface area contributed by atoms with E-state index in [4.69, 9.17) is 11.6 Å². The third kappa shape index (κ3) is 2.10. The van der Waals surface area contributed by atoms with E-state index in [1.54, 1.807) is 11.8 Å². The van der Waals surface area contributed by atoms with E-state index in [2.05, 4.69) is 48.5 Å². The van der Waals surface area contributed by atoms with Crippen molar-refractivity contribution >= 4 is 23.4 Å². The molecule has 0 aliphatic carbocycles. The predicted molar refractivity (Wildman–Crippen MR) is 74.6 cm³/mol. The van der Waals surface area contributed by atoms with Crippen molar-refractivity contribution in [3.05, 3.63) is 65.7 Å². The van der Waals surface area contributed by atoms with Gasteiger partial charge in [-0.2, -0.15) is 0 Å². The Morgan fingerprint density at radius 1 is 0.941 bits per heavy atom. The van der Waals surface area contributed by atoms with Gasteiger partial charge in [-0.25, -0.2) is 0 Å². The van der Waals surface area contributed by atoms with Crippen LogP contribution in [0.1, 0.15) is 17.5 Å². The Morgan fingerprint density at radius 3 is 2.47 bits per heavy atom. The molecule has 1 aliphatic heterocycles. The van der Waals surface area contributed by atoms with Gasteiger partial charge in [-0.15, -0.1) is 11.6 Å². The van der Waals surface area contributed by atoms with Crippen molar-refractivity contribution in [1.29, 1.82) is 0 Å². The summed E-state index contributed by atoms with van der Waals surface area (Å²) in [6.07, 6.45) is 2.04. The number of thioether (sulfide) groups is 1. The van der Waals surface area contributed by atoms with E-state index in [0.29, 0.717) is 0 Å².